The van der Waals surface area contributed by atoms with E-state index in [0.717, 1.165) is 0 Å². The molecule has 0 saturated heterocycles. The third-order valence-electron chi connectivity index (χ3n) is 6.17. The van der Waals surface area contributed by atoms with Crippen LogP contribution in [0.15, 0.2) is 73.8 Å². The molecule has 2 amide bonds. The Hall–Kier alpha value is -3.52. The van der Waals surface area contributed by atoms with Gasteiger partial charge in [-0.1, -0.05) is 55.1 Å². The van der Waals surface area contributed by atoms with Crippen LogP contribution in [-0.2, 0) is 9.09 Å². The van der Waals surface area contributed by atoms with E-state index < -0.39 is 13.9 Å². The molecule has 1 aliphatic rings. The number of phosphoric ester groups is 1. The van der Waals surface area contributed by atoms with Crippen LogP contribution in [0.25, 0.3) is 12.2 Å². The van der Waals surface area contributed by atoms with E-state index >= 15 is 0 Å². The molecular formula is C28H26ClN2O6P. The van der Waals surface area contributed by atoms with E-state index in [1.165, 1.54) is 11.0 Å². The fourth-order valence-corrected chi connectivity index (χ4v) is 5.19. The maximum Gasteiger partial charge on any atom is 0.470 e. The first kappa shape index (κ1) is 27.5. The highest BCUT2D eigenvalue weighted by Gasteiger charge is 2.32. The Bertz CT molecular complexity index is 1470. The van der Waals surface area contributed by atoms with Gasteiger partial charge in [0.05, 0.1) is 6.10 Å². The molecule has 10 heteroatoms. The number of benzene rings is 3. The molecule has 0 fully saturated rings. The molecule has 8 nitrogen and oxygen atoms in total. The van der Waals surface area contributed by atoms with E-state index in [2.05, 4.69) is 18.5 Å². The highest BCUT2D eigenvalue weighted by atomic mass is 35.5. The van der Waals surface area contributed by atoms with Crippen molar-refractivity contribution in [2.24, 2.45) is 0 Å². The van der Waals surface area contributed by atoms with Gasteiger partial charge in [0.2, 0.25) is 0 Å². The zero-order chi connectivity index (χ0) is 27.4. The Labute approximate surface area is 225 Å². The van der Waals surface area contributed by atoms with Crippen LogP contribution in [0.3, 0.4) is 0 Å². The molecule has 1 heterocycles. The van der Waals surface area contributed by atoms with E-state index in [9.17, 15) is 23.9 Å². The first-order valence-electron chi connectivity index (χ1n) is 11.8. The van der Waals surface area contributed by atoms with Crippen LogP contribution in [0.2, 0.25) is 5.02 Å². The summed E-state index contributed by atoms with van der Waals surface area (Å²) in [7, 11) is -4.78. The summed E-state index contributed by atoms with van der Waals surface area (Å²) in [6.07, 6.45) is 2.92. The minimum absolute atomic E-state index is 0.285. The second-order valence-corrected chi connectivity index (χ2v) is 10.3. The lowest BCUT2D eigenvalue weighted by molar-refractivity contribution is 0.0984. The summed E-state index contributed by atoms with van der Waals surface area (Å²) in [6, 6.07) is 16.8. The summed E-state index contributed by atoms with van der Waals surface area (Å²) < 4.78 is 16.6. The Balaban J connectivity index is 1.65. The standard InChI is InChI=1S/C28H26ClN2O6P/c1-3-18-8-5-6-9-22(18)27(32)30-21-12-13-23(19(4-2)16-21)28(33)31-15-7-10-26(37-38(34,35)36)24-17-20(29)11-14-25(24)31/h3-6,8-9,11-14,16-17,26H,1-2,7,10,15H2,(H,30,32)(H2,34,35,36). The molecule has 0 bridgehead atoms. The predicted octanol–water partition coefficient (Wildman–Crippen LogP) is 6.47. The number of carbonyl (C=O) groups excluding carboxylic acids is 2. The van der Waals surface area contributed by atoms with Crippen molar-refractivity contribution in [1.82, 2.24) is 0 Å². The van der Waals surface area contributed by atoms with E-state index in [1.807, 2.05) is 6.07 Å². The maximum atomic E-state index is 13.8. The van der Waals surface area contributed by atoms with Crippen molar-refractivity contribution in [2.45, 2.75) is 18.9 Å². The number of anilines is 2. The smallest absolute Gasteiger partial charge is 0.322 e. The zero-order valence-electron chi connectivity index (χ0n) is 20.3. The Morgan fingerprint density at radius 3 is 2.47 bits per heavy atom. The normalized spacial score (nSPS) is 15.2. The summed E-state index contributed by atoms with van der Waals surface area (Å²) in [4.78, 5) is 47.0. The fourth-order valence-electron chi connectivity index (χ4n) is 4.46. The van der Waals surface area contributed by atoms with Gasteiger partial charge in [-0.3, -0.25) is 14.1 Å². The minimum atomic E-state index is -4.78. The molecule has 1 aliphatic heterocycles. The van der Waals surface area contributed by atoms with E-state index in [-0.39, 0.29) is 18.2 Å². The number of rotatable bonds is 7. The molecule has 1 atom stereocenters. The van der Waals surface area contributed by atoms with Crippen LogP contribution in [0.5, 0.6) is 0 Å². The topological polar surface area (TPSA) is 116 Å². The van der Waals surface area contributed by atoms with Crippen LogP contribution in [-0.4, -0.2) is 28.1 Å². The van der Waals surface area contributed by atoms with Crippen LogP contribution >= 0.6 is 19.4 Å². The molecule has 1 unspecified atom stereocenters. The van der Waals surface area contributed by atoms with Crippen molar-refractivity contribution in [3.8, 4) is 0 Å². The molecule has 0 aromatic heterocycles. The molecule has 196 valence electrons. The first-order chi connectivity index (χ1) is 18.1. The number of phosphoric acid groups is 1. The highest BCUT2D eigenvalue weighted by Crippen LogP contribution is 2.47. The summed E-state index contributed by atoms with van der Waals surface area (Å²) in [5, 5.41) is 3.20. The summed E-state index contributed by atoms with van der Waals surface area (Å²) in [5.74, 6) is -0.654. The molecule has 3 aromatic carbocycles. The second-order valence-electron chi connectivity index (χ2n) is 8.64. The molecule has 0 aliphatic carbocycles. The van der Waals surface area contributed by atoms with Crippen LogP contribution in [0, 0.1) is 0 Å². The quantitative estimate of drug-likeness (QED) is 0.289. The largest absolute Gasteiger partial charge is 0.470 e. The molecular weight excluding hydrogens is 527 g/mol. The van der Waals surface area contributed by atoms with E-state index in [1.54, 1.807) is 60.7 Å². The lowest BCUT2D eigenvalue weighted by Crippen LogP contribution is -2.32. The van der Waals surface area contributed by atoms with E-state index in [4.69, 9.17) is 16.1 Å². The number of hydrogen-bond acceptors (Lipinski definition) is 4. The first-order valence-corrected chi connectivity index (χ1v) is 13.7. The highest BCUT2D eigenvalue weighted by molar-refractivity contribution is 7.46. The van der Waals surface area contributed by atoms with Gasteiger partial charge in [-0.25, -0.2) is 4.57 Å². The zero-order valence-corrected chi connectivity index (χ0v) is 22.0. The number of nitrogens with one attached hydrogen (secondary N) is 1. The number of nitrogens with zero attached hydrogens (tertiary/aromatic N) is 1. The van der Waals surface area contributed by atoms with Crippen LogP contribution in [0.4, 0.5) is 11.4 Å². The number of amides is 2. The predicted molar refractivity (Wildman–Crippen MR) is 149 cm³/mol. The Morgan fingerprint density at radius 2 is 1.76 bits per heavy atom. The van der Waals surface area contributed by atoms with Crippen LogP contribution < -0.4 is 10.2 Å². The number of carbonyl (C=O) groups is 2. The molecule has 0 spiro atoms. The van der Waals surface area contributed by atoms with Gasteiger partial charge in [0.25, 0.3) is 11.8 Å². The van der Waals surface area contributed by atoms with Gasteiger partial charge in [-0.05, 0) is 66.4 Å². The lowest BCUT2D eigenvalue weighted by Gasteiger charge is -2.25. The van der Waals surface area contributed by atoms with Gasteiger partial charge in [-0.15, -0.1) is 0 Å². The monoisotopic (exact) mass is 552 g/mol. The summed E-state index contributed by atoms with van der Waals surface area (Å²) in [6.45, 7) is 7.87. The molecule has 0 saturated carbocycles. The van der Waals surface area contributed by atoms with Crippen molar-refractivity contribution in [1.29, 1.82) is 0 Å². The van der Waals surface area contributed by atoms with Crippen molar-refractivity contribution >= 4 is 54.8 Å². The third kappa shape index (κ3) is 6.13. The second kappa shape index (κ2) is 11.5. The Kier molecular flexibility index (Phi) is 8.31. The van der Waals surface area contributed by atoms with Crippen molar-refractivity contribution in [3.05, 3.63) is 107 Å². The van der Waals surface area contributed by atoms with Gasteiger partial charge < -0.3 is 20.0 Å². The molecule has 4 rings (SSSR count). The van der Waals surface area contributed by atoms with E-state index in [0.29, 0.717) is 57.2 Å². The van der Waals surface area contributed by atoms with Crippen LogP contribution in [0.1, 0.15) is 56.4 Å². The van der Waals surface area contributed by atoms with Gasteiger partial charge in [0, 0.05) is 39.6 Å². The maximum absolute atomic E-state index is 13.8. The van der Waals surface area contributed by atoms with Crippen molar-refractivity contribution < 1.29 is 28.5 Å². The van der Waals surface area contributed by atoms with Gasteiger partial charge in [-0.2, -0.15) is 0 Å². The summed E-state index contributed by atoms with van der Waals surface area (Å²) in [5.41, 5.74) is 3.36. The van der Waals surface area contributed by atoms with Crippen molar-refractivity contribution in [2.75, 3.05) is 16.8 Å². The van der Waals surface area contributed by atoms with Gasteiger partial charge >= 0.3 is 7.82 Å². The third-order valence-corrected chi connectivity index (χ3v) is 6.93. The average molecular weight is 553 g/mol. The molecule has 0 radical (unpaired) electrons. The average Bonchev–Trinajstić information content (AvgIpc) is 3.06. The fraction of sp³-hybridized carbons (Fsp3) is 0.143. The van der Waals surface area contributed by atoms with Gasteiger partial charge in [0.15, 0.2) is 0 Å². The SMILES string of the molecule is C=Cc1ccccc1C(=O)Nc1ccc(C(=O)N2CCCC(OP(=O)(O)O)c3cc(Cl)ccc32)c(C=C)c1. The number of fused-ring (bicyclic) bond motifs is 1. The van der Waals surface area contributed by atoms with Crippen molar-refractivity contribution in [3.63, 3.8) is 0 Å². The molecule has 3 N–H and O–H groups in total. The summed E-state index contributed by atoms with van der Waals surface area (Å²) >= 11 is 6.17. The number of hydrogen-bond donors (Lipinski definition) is 3. The number of halogens is 1. The molecule has 3 aromatic rings. The van der Waals surface area contributed by atoms with Gasteiger partial charge in [0.1, 0.15) is 0 Å². The minimum Gasteiger partial charge on any atom is -0.322 e. The lowest BCUT2D eigenvalue weighted by atomic mass is 10.0. The molecule has 38 heavy (non-hydrogen) atoms. The Morgan fingerprint density at radius 1 is 1.03 bits per heavy atom.